The zero-order valence-electron chi connectivity index (χ0n) is 7.88. The van der Waals surface area contributed by atoms with Gasteiger partial charge in [-0.1, -0.05) is 0 Å². The van der Waals surface area contributed by atoms with Crippen LogP contribution in [0, 0.1) is 12.7 Å². The average Bonchev–Trinajstić information content (AvgIpc) is 2.49. The molecule has 1 heterocycles. The van der Waals surface area contributed by atoms with Gasteiger partial charge in [-0.05, 0) is 47.4 Å². The summed E-state index contributed by atoms with van der Waals surface area (Å²) in [4.78, 5) is 0. The molecule has 0 aliphatic heterocycles. The lowest BCUT2D eigenvalue weighted by molar-refractivity contribution is 0.300. The van der Waals surface area contributed by atoms with Crippen LogP contribution in [0.4, 0.5) is 4.39 Å². The van der Waals surface area contributed by atoms with E-state index >= 15 is 0 Å². The maximum absolute atomic E-state index is 13.1. The Morgan fingerprint density at radius 2 is 2.21 bits per heavy atom. The number of fused-ring (bicyclic) bond motifs is 1. The number of aliphatic hydroxyl groups excluding tert-OH is 1. The first-order valence-corrected chi connectivity index (χ1v) is 5.37. The van der Waals surface area contributed by atoms with E-state index in [9.17, 15) is 4.39 Å². The van der Waals surface area contributed by atoms with Crippen molar-refractivity contribution in [1.29, 1.82) is 0 Å². The van der Waals surface area contributed by atoms with Gasteiger partial charge in [0, 0.05) is 11.3 Å². The smallest absolute Gasteiger partial charge is 0.124 e. The zero-order valence-corrected chi connectivity index (χ0v) is 8.70. The molecule has 14 heavy (non-hydrogen) atoms. The minimum absolute atomic E-state index is 0.112. The standard InChI is InChI=1S/C11H11FOS/c1-7-4-9(12)5-10-8(2-3-13)6-14-11(7)10/h4-6,13H,2-3H2,1H3. The monoisotopic (exact) mass is 210 g/mol. The van der Waals surface area contributed by atoms with Gasteiger partial charge in [-0.2, -0.15) is 0 Å². The summed E-state index contributed by atoms with van der Waals surface area (Å²) in [6, 6.07) is 3.09. The first-order chi connectivity index (χ1) is 6.72. The summed E-state index contributed by atoms with van der Waals surface area (Å²) >= 11 is 1.61. The van der Waals surface area contributed by atoms with E-state index in [1.807, 2.05) is 12.3 Å². The molecule has 0 radical (unpaired) electrons. The van der Waals surface area contributed by atoms with Crippen LogP contribution in [0.2, 0.25) is 0 Å². The summed E-state index contributed by atoms with van der Waals surface area (Å²) in [6.45, 7) is 2.02. The molecule has 0 aliphatic rings. The summed E-state index contributed by atoms with van der Waals surface area (Å²) in [5, 5.41) is 11.8. The van der Waals surface area contributed by atoms with Gasteiger partial charge in [0.15, 0.2) is 0 Å². The lowest BCUT2D eigenvalue weighted by atomic mass is 10.1. The molecule has 1 aromatic heterocycles. The molecule has 0 spiro atoms. The number of hydrogen-bond donors (Lipinski definition) is 1. The molecule has 3 heteroatoms. The maximum Gasteiger partial charge on any atom is 0.124 e. The quantitative estimate of drug-likeness (QED) is 0.808. The molecule has 0 amide bonds. The largest absolute Gasteiger partial charge is 0.396 e. The van der Waals surface area contributed by atoms with Gasteiger partial charge in [-0.3, -0.25) is 0 Å². The normalized spacial score (nSPS) is 11.1. The van der Waals surface area contributed by atoms with Gasteiger partial charge >= 0.3 is 0 Å². The molecule has 0 aliphatic carbocycles. The number of thiophene rings is 1. The molecule has 0 saturated heterocycles. The van der Waals surface area contributed by atoms with E-state index in [1.54, 1.807) is 23.5 Å². The third-order valence-corrected chi connectivity index (χ3v) is 3.47. The van der Waals surface area contributed by atoms with E-state index < -0.39 is 0 Å². The Morgan fingerprint density at radius 1 is 1.43 bits per heavy atom. The van der Waals surface area contributed by atoms with Gasteiger partial charge in [-0.25, -0.2) is 4.39 Å². The van der Waals surface area contributed by atoms with E-state index in [0.717, 1.165) is 21.2 Å². The molecule has 2 rings (SSSR count). The zero-order chi connectivity index (χ0) is 10.1. The van der Waals surface area contributed by atoms with Gasteiger partial charge in [0.25, 0.3) is 0 Å². The summed E-state index contributed by atoms with van der Waals surface area (Å²) in [7, 11) is 0. The highest BCUT2D eigenvalue weighted by molar-refractivity contribution is 7.17. The second-order valence-electron chi connectivity index (χ2n) is 3.33. The molecule has 0 atom stereocenters. The fourth-order valence-electron chi connectivity index (χ4n) is 1.63. The third-order valence-electron chi connectivity index (χ3n) is 2.29. The van der Waals surface area contributed by atoms with Gasteiger partial charge in [0.1, 0.15) is 5.82 Å². The van der Waals surface area contributed by atoms with Gasteiger partial charge < -0.3 is 5.11 Å². The van der Waals surface area contributed by atoms with Crippen LogP contribution in [0.3, 0.4) is 0 Å². The third kappa shape index (κ3) is 1.53. The predicted octanol–water partition coefficient (Wildman–Crippen LogP) is 2.88. The van der Waals surface area contributed by atoms with Crippen molar-refractivity contribution in [2.75, 3.05) is 6.61 Å². The number of aliphatic hydroxyl groups is 1. The van der Waals surface area contributed by atoms with Crippen molar-refractivity contribution in [1.82, 2.24) is 0 Å². The Hall–Kier alpha value is -0.930. The SMILES string of the molecule is Cc1cc(F)cc2c(CCO)csc12. The fraction of sp³-hybridized carbons (Fsp3) is 0.273. The topological polar surface area (TPSA) is 20.2 Å². The van der Waals surface area contributed by atoms with Crippen LogP contribution in [-0.4, -0.2) is 11.7 Å². The van der Waals surface area contributed by atoms with Crippen LogP contribution in [-0.2, 0) is 6.42 Å². The van der Waals surface area contributed by atoms with E-state index in [0.29, 0.717) is 6.42 Å². The first kappa shape index (κ1) is 9.62. The minimum atomic E-state index is -0.201. The van der Waals surface area contributed by atoms with Crippen molar-refractivity contribution in [2.45, 2.75) is 13.3 Å². The molecular formula is C11H11FOS. The first-order valence-electron chi connectivity index (χ1n) is 4.49. The van der Waals surface area contributed by atoms with Gasteiger partial charge in [-0.15, -0.1) is 11.3 Å². The lowest BCUT2D eigenvalue weighted by Gasteiger charge is -1.99. The van der Waals surface area contributed by atoms with Crippen LogP contribution in [0.15, 0.2) is 17.5 Å². The highest BCUT2D eigenvalue weighted by Crippen LogP contribution is 2.29. The van der Waals surface area contributed by atoms with Gasteiger partial charge in [0.05, 0.1) is 0 Å². The van der Waals surface area contributed by atoms with Gasteiger partial charge in [0.2, 0.25) is 0 Å². The molecule has 1 N–H and O–H groups in total. The molecular weight excluding hydrogens is 199 g/mol. The van der Waals surface area contributed by atoms with Crippen LogP contribution in [0.5, 0.6) is 0 Å². The van der Waals surface area contributed by atoms with E-state index in [4.69, 9.17) is 5.11 Å². The number of hydrogen-bond acceptors (Lipinski definition) is 2. The number of rotatable bonds is 2. The summed E-state index contributed by atoms with van der Waals surface area (Å²) in [5.41, 5.74) is 2.00. The van der Waals surface area contributed by atoms with E-state index in [1.165, 1.54) is 0 Å². The molecule has 2 aromatic rings. The second-order valence-corrected chi connectivity index (χ2v) is 4.21. The molecule has 1 nitrogen and oxygen atoms in total. The van der Waals surface area contributed by atoms with Crippen LogP contribution < -0.4 is 0 Å². The van der Waals surface area contributed by atoms with Crippen molar-refractivity contribution in [3.05, 3.63) is 34.5 Å². The molecule has 1 aromatic carbocycles. The summed E-state index contributed by atoms with van der Waals surface area (Å²) < 4.78 is 14.3. The molecule has 0 unspecified atom stereocenters. The Bertz CT molecular complexity index is 462. The Morgan fingerprint density at radius 3 is 2.93 bits per heavy atom. The molecule has 0 fully saturated rings. The van der Waals surface area contributed by atoms with Crippen molar-refractivity contribution in [3.8, 4) is 0 Å². The highest BCUT2D eigenvalue weighted by atomic mass is 32.1. The van der Waals surface area contributed by atoms with Crippen LogP contribution >= 0.6 is 11.3 Å². The Kier molecular flexibility index (Phi) is 2.52. The highest BCUT2D eigenvalue weighted by Gasteiger charge is 2.07. The summed E-state index contributed by atoms with van der Waals surface area (Å²) in [5.74, 6) is -0.201. The van der Waals surface area contributed by atoms with Crippen molar-refractivity contribution in [2.24, 2.45) is 0 Å². The lowest BCUT2D eigenvalue weighted by Crippen LogP contribution is -1.89. The average molecular weight is 210 g/mol. The number of aryl methyl sites for hydroxylation is 1. The van der Waals surface area contributed by atoms with Crippen molar-refractivity contribution >= 4 is 21.4 Å². The molecule has 0 saturated carbocycles. The maximum atomic E-state index is 13.1. The molecule has 0 bridgehead atoms. The van der Waals surface area contributed by atoms with Crippen LogP contribution in [0.25, 0.3) is 10.1 Å². The minimum Gasteiger partial charge on any atom is -0.396 e. The fourth-order valence-corrected chi connectivity index (χ4v) is 2.70. The van der Waals surface area contributed by atoms with Crippen molar-refractivity contribution < 1.29 is 9.50 Å². The van der Waals surface area contributed by atoms with Crippen LogP contribution in [0.1, 0.15) is 11.1 Å². The molecule has 74 valence electrons. The Labute approximate surface area is 85.8 Å². The number of halogens is 1. The predicted molar refractivity (Wildman–Crippen MR) is 57.3 cm³/mol. The van der Waals surface area contributed by atoms with Crippen molar-refractivity contribution in [3.63, 3.8) is 0 Å². The number of benzene rings is 1. The summed E-state index contributed by atoms with van der Waals surface area (Å²) in [6.07, 6.45) is 0.600. The van der Waals surface area contributed by atoms with E-state index in [2.05, 4.69) is 0 Å². The van der Waals surface area contributed by atoms with E-state index in [-0.39, 0.29) is 12.4 Å². The Balaban J connectivity index is 2.66. The second kappa shape index (κ2) is 3.67.